The number of carboxylic acid groups (broad SMARTS) is 1. The van der Waals surface area contributed by atoms with Crippen LogP contribution in [0.3, 0.4) is 0 Å². The number of carboxylic acids is 1. The van der Waals surface area contributed by atoms with E-state index in [2.05, 4.69) is 9.80 Å². The molecule has 1 fully saturated rings. The molecule has 2 aromatic rings. The fourth-order valence-electron chi connectivity index (χ4n) is 3.26. The summed E-state index contributed by atoms with van der Waals surface area (Å²) >= 11 is 0. The van der Waals surface area contributed by atoms with E-state index in [9.17, 15) is 4.79 Å². The van der Waals surface area contributed by atoms with Gasteiger partial charge >= 0.3 is 0 Å². The van der Waals surface area contributed by atoms with Gasteiger partial charge in [-0.1, -0.05) is 24.3 Å². The summed E-state index contributed by atoms with van der Waals surface area (Å²) in [5, 5.41) is 8.81. The van der Waals surface area contributed by atoms with Crippen molar-refractivity contribution in [1.29, 1.82) is 0 Å². The van der Waals surface area contributed by atoms with Crippen LogP contribution >= 0.6 is 0 Å². The number of carbonyl (C=O) groups is 1. The number of hydrogen-bond donors (Lipinski definition) is 1. The van der Waals surface area contributed by atoms with Gasteiger partial charge < -0.3 is 19.6 Å². The maximum atomic E-state index is 10.7. The number of aliphatic imine (C=N–C) groups is 1. The van der Waals surface area contributed by atoms with Crippen molar-refractivity contribution < 1.29 is 64.3 Å². The zero-order valence-corrected chi connectivity index (χ0v) is 20.8. The number of nitrogens with zero attached hydrogens (tertiary/aromatic N) is 3. The Labute approximate surface area is 200 Å². The smallest absolute Gasteiger partial charge is 0.165 e. The summed E-state index contributed by atoms with van der Waals surface area (Å²) in [5.41, 5.74) is 1.80. The molecule has 6 nitrogen and oxygen atoms in total. The molecular weight excluding hydrogens is 619 g/mol. The summed E-state index contributed by atoms with van der Waals surface area (Å²) in [7, 11) is 0. The summed E-state index contributed by atoms with van der Waals surface area (Å²) in [4.78, 5) is 20.0. The molecule has 1 saturated heterocycles. The van der Waals surface area contributed by atoms with Crippen molar-refractivity contribution in [2.45, 2.75) is 0 Å². The zero-order chi connectivity index (χ0) is 17.9. The van der Waals surface area contributed by atoms with Crippen molar-refractivity contribution in [3.05, 3.63) is 60.5 Å². The van der Waals surface area contributed by atoms with E-state index in [4.69, 9.17) is 14.8 Å². The number of amidine groups is 1. The van der Waals surface area contributed by atoms with E-state index in [1.807, 2.05) is 48.5 Å². The molecule has 8 heteroatoms. The first-order valence-electron chi connectivity index (χ1n) is 8.69. The Bertz CT molecular complexity index is 854. The van der Waals surface area contributed by atoms with Crippen LogP contribution in [0.4, 0.5) is 5.69 Å². The molecule has 1 N–H and O–H groups in total. The first-order valence-corrected chi connectivity index (χ1v) is 8.69. The number of fused-ring (bicyclic) bond motifs is 2. The van der Waals surface area contributed by atoms with Crippen molar-refractivity contribution in [1.82, 2.24) is 9.80 Å². The molecule has 4 rings (SSSR count). The van der Waals surface area contributed by atoms with E-state index in [0.29, 0.717) is 6.54 Å². The van der Waals surface area contributed by atoms with Gasteiger partial charge in [-0.3, -0.25) is 11.2 Å². The van der Waals surface area contributed by atoms with Gasteiger partial charge in [-0.25, -0.2) is 4.99 Å². The number of rotatable bonds is 3. The average molecular weight is 639 g/mol. The van der Waals surface area contributed by atoms with Crippen LogP contribution in [-0.2, 0) is 23.4 Å². The zero-order valence-electron chi connectivity index (χ0n) is 15.3. The molecule has 2 aromatic carbocycles. The molecule has 0 saturated carbocycles. The van der Waals surface area contributed by atoms with Gasteiger partial charge in [-0.05, 0) is 24.3 Å². The number of para-hydroxylation sites is 3. The number of ether oxygens (including phenoxy) is 1. The van der Waals surface area contributed by atoms with Crippen molar-refractivity contribution in [3.8, 4) is 11.5 Å². The van der Waals surface area contributed by atoms with Crippen molar-refractivity contribution >= 4 is 17.5 Å². The van der Waals surface area contributed by atoms with E-state index in [0.717, 1.165) is 54.8 Å². The topological polar surface area (TPSA) is 65.4 Å². The Hall–Kier alpha value is -1.35. The van der Waals surface area contributed by atoms with Gasteiger partial charge in [0.15, 0.2) is 11.7 Å². The monoisotopic (exact) mass is 639 g/mol. The molecule has 0 spiro atoms. The molecule has 2 aliphatic rings. The van der Waals surface area contributed by atoms with Gasteiger partial charge in [-0.2, -0.15) is 0 Å². The van der Waals surface area contributed by atoms with Crippen LogP contribution in [0, 0.1) is 37.5 Å². The fraction of sp³-hybridized carbons (Fsp3) is 0.250. The normalized spacial score (nSPS) is 15.4. The molecule has 1 radical (unpaired) electrons. The van der Waals surface area contributed by atoms with Gasteiger partial charge in [0.1, 0.15) is 17.3 Å². The molecule has 0 amide bonds. The number of piperazine rings is 1. The van der Waals surface area contributed by atoms with Gasteiger partial charge in [0, 0.05) is 75.8 Å². The molecule has 0 aliphatic carbocycles. The number of aliphatic carboxylic acids is 1. The SMILES string of the molecule is O=C(O)[CH-]CN1CCN(C2=Nc3ccccc3Oc3ccccc32)CC1.[U].[V]. The van der Waals surface area contributed by atoms with Crippen LogP contribution in [0.2, 0.25) is 0 Å². The van der Waals surface area contributed by atoms with Crippen LogP contribution in [0.5, 0.6) is 11.5 Å². The van der Waals surface area contributed by atoms with Crippen LogP contribution in [0.15, 0.2) is 53.5 Å². The fourth-order valence-corrected chi connectivity index (χ4v) is 3.26. The Morgan fingerprint density at radius 2 is 1.68 bits per heavy atom. The van der Waals surface area contributed by atoms with Crippen LogP contribution in [0.1, 0.15) is 5.56 Å². The Kier molecular flexibility index (Phi) is 8.54. The van der Waals surface area contributed by atoms with Gasteiger partial charge in [0.2, 0.25) is 0 Å². The molecule has 0 bridgehead atoms. The van der Waals surface area contributed by atoms with Crippen LogP contribution in [-0.4, -0.2) is 59.4 Å². The van der Waals surface area contributed by atoms with E-state index in [-0.39, 0.29) is 49.7 Å². The van der Waals surface area contributed by atoms with E-state index < -0.39 is 5.97 Å². The third kappa shape index (κ3) is 5.17. The number of hydrogen-bond acceptors (Lipinski definition) is 5. The van der Waals surface area contributed by atoms with Gasteiger partial charge in [0.25, 0.3) is 0 Å². The molecule has 0 unspecified atom stereocenters. The van der Waals surface area contributed by atoms with Crippen LogP contribution < -0.4 is 4.74 Å². The Morgan fingerprint density at radius 1 is 1.04 bits per heavy atom. The minimum Gasteiger partial charge on any atom is -0.503 e. The second kappa shape index (κ2) is 10.4. The first-order chi connectivity index (χ1) is 12.7. The largest absolute Gasteiger partial charge is 0.503 e. The second-order valence-corrected chi connectivity index (χ2v) is 6.33. The van der Waals surface area contributed by atoms with Gasteiger partial charge in [0.05, 0.1) is 5.56 Å². The summed E-state index contributed by atoms with van der Waals surface area (Å²) in [6.07, 6.45) is 1.30. The summed E-state index contributed by atoms with van der Waals surface area (Å²) in [6, 6.07) is 15.7. The Morgan fingerprint density at radius 3 is 2.39 bits per heavy atom. The predicted molar refractivity (Wildman–Crippen MR) is 99.1 cm³/mol. The molecule has 2 aliphatic heterocycles. The van der Waals surface area contributed by atoms with Crippen molar-refractivity contribution in [2.75, 3.05) is 32.7 Å². The van der Waals surface area contributed by atoms with Crippen LogP contribution in [0.25, 0.3) is 0 Å². The van der Waals surface area contributed by atoms with E-state index in [1.165, 1.54) is 6.42 Å². The van der Waals surface area contributed by atoms with Gasteiger partial charge in [-0.15, -0.1) is 6.54 Å². The summed E-state index contributed by atoms with van der Waals surface area (Å²) in [6.45, 7) is 3.66. The summed E-state index contributed by atoms with van der Waals surface area (Å²) in [5.74, 6) is 1.60. The third-order valence-corrected chi connectivity index (χ3v) is 4.64. The minimum absolute atomic E-state index is 0. The van der Waals surface area contributed by atoms with Crippen molar-refractivity contribution in [2.24, 2.45) is 4.99 Å². The van der Waals surface area contributed by atoms with E-state index >= 15 is 0 Å². The predicted octanol–water partition coefficient (Wildman–Crippen LogP) is 2.77. The molecule has 28 heavy (non-hydrogen) atoms. The molecule has 0 atom stereocenters. The Balaban J connectivity index is 0.00000140. The molecule has 2 heterocycles. The average Bonchev–Trinajstić information content (AvgIpc) is 2.83. The summed E-state index contributed by atoms with van der Waals surface area (Å²) < 4.78 is 6.09. The maximum Gasteiger partial charge on any atom is 0.165 e. The maximum absolute atomic E-state index is 10.7. The third-order valence-electron chi connectivity index (χ3n) is 4.64. The quantitative estimate of drug-likeness (QED) is 0.524. The molecular formula is C20H20N3O3UV-. The molecule has 143 valence electrons. The second-order valence-electron chi connectivity index (χ2n) is 6.33. The standard InChI is InChI=1S/C20H20N3O3.U.V/c24-19(25)9-10-22-11-13-23(14-12-22)20-15-5-1-3-7-17(15)26-18-8-4-2-6-16(18)21-20;;/h1-9H,10-14H2,(H,24,25);;/q-1;;. The van der Waals surface area contributed by atoms with E-state index in [1.54, 1.807) is 0 Å². The first kappa shape index (κ1) is 22.9. The minimum atomic E-state index is -0.872. The molecule has 0 aromatic heterocycles. The number of benzene rings is 2. The van der Waals surface area contributed by atoms with Crippen molar-refractivity contribution in [3.63, 3.8) is 0 Å².